The van der Waals surface area contributed by atoms with Crippen molar-refractivity contribution in [3.05, 3.63) is 12.7 Å². The first-order valence-corrected chi connectivity index (χ1v) is 4.44. The van der Waals surface area contributed by atoms with Crippen LogP contribution in [0.2, 0.25) is 0 Å². The maximum atomic E-state index is 3.61. The molecule has 0 amide bonds. The fourth-order valence-corrected chi connectivity index (χ4v) is 0.757. The van der Waals surface area contributed by atoms with Gasteiger partial charge in [-0.1, -0.05) is 13.0 Å². The average molecular weight is 145 g/mol. The summed E-state index contributed by atoms with van der Waals surface area (Å²) in [6.45, 7) is 7.82. The zero-order valence-electron chi connectivity index (χ0n) is 6.18. The van der Waals surface area contributed by atoms with Crippen molar-refractivity contribution in [3.8, 4) is 0 Å². The molecule has 0 saturated heterocycles. The first kappa shape index (κ1) is 9.05. The second-order valence-corrected chi connectivity index (χ2v) is 3.27. The van der Waals surface area contributed by atoms with Crippen LogP contribution in [-0.4, -0.2) is 24.6 Å². The highest BCUT2D eigenvalue weighted by atomic mass is 32.2. The molecule has 0 fully saturated rings. The summed E-state index contributed by atoms with van der Waals surface area (Å²) >= 11 is 1.88. The quantitative estimate of drug-likeness (QED) is 0.465. The van der Waals surface area contributed by atoms with Gasteiger partial charge in [-0.25, -0.2) is 0 Å². The standard InChI is InChI=1S/C7H15NS/c1-4-5-8-6-7(2)9-3/h4,7-8H,1,5-6H2,2-3H3. The lowest BCUT2D eigenvalue weighted by molar-refractivity contribution is 0.741. The number of nitrogens with one attached hydrogen (secondary N) is 1. The van der Waals surface area contributed by atoms with Crippen LogP contribution in [0.4, 0.5) is 0 Å². The van der Waals surface area contributed by atoms with Crippen molar-refractivity contribution in [2.45, 2.75) is 12.2 Å². The van der Waals surface area contributed by atoms with Gasteiger partial charge in [-0.15, -0.1) is 6.58 Å². The second kappa shape index (κ2) is 6.17. The van der Waals surface area contributed by atoms with E-state index >= 15 is 0 Å². The van der Waals surface area contributed by atoms with E-state index in [1.807, 2.05) is 17.8 Å². The Morgan fingerprint density at radius 2 is 2.44 bits per heavy atom. The molecular weight excluding hydrogens is 130 g/mol. The minimum absolute atomic E-state index is 0.713. The molecule has 0 rings (SSSR count). The van der Waals surface area contributed by atoms with E-state index in [9.17, 15) is 0 Å². The molecule has 0 radical (unpaired) electrons. The molecule has 0 bridgehead atoms. The summed E-state index contributed by atoms with van der Waals surface area (Å²) in [4.78, 5) is 0. The van der Waals surface area contributed by atoms with Gasteiger partial charge in [-0.05, 0) is 6.26 Å². The van der Waals surface area contributed by atoms with E-state index in [0.717, 1.165) is 13.1 Å². The highest BCUT2D eigenvalue weighted by Gasteiger charge is 1.94. The smallest absolute Gasteiger partial charge is 0.0141 e. The Kier molecular flexibility index (Phi) is 6.21. The van der Waals surface area contributed by atoms with Crippen LogP contribution in [0.3, 0.4) is 0 Å². The molecule has 1 atom stereocenters. The van der Waals surface area contributed by atoms with Gasteiger partial charge in [0.15, 0.2) is 0 Å². The van der Waals surface area contributed by atoms with Crippen molar-refractivity contribution in [2.75, 3.05) is 19.3 Å². The summed E-state index contributed by atoms with van der Waals surface area (Å²) in [5.41, 5.74) is 0. The summed E-state index contributed by atoms with van der Waals surface area (Å²) in [6.07, 6.45) is 4.01. The molecule has 2 heteroatoms. The molecule has 0 aromatic carbocycles. The van der Waals surface area contributed by atoms with Crippen LogP contribution in [0.15, 0.2) is 12.7 Å². The van der Waals surface area contributed by atoms with Crippen LogP contribution < -0.4 is 5.32 Å². The van der Waals surface area contributed by atoms with Crippen LogP contribution >= 0.6 is 11.8 Å². The Morgan fingerprint density at radius 1 is 1.78 bits per heavy atom. The SMILES string of the molecule is C=CCNCC(C)SC. The third-order valence-electron chi connectivity index (χ3n) is 1.12. The second-order valence-electron chi connectivity index (χ2n) is 1.99. The van der Waals surface area contributed by atoms with Gasteiger partial charge < -0.3 is 5.32 Å². The van der Waals surface area contributed by atoms with Gasteiger partial charge in [-0.2, -0.15) is 11.8 Å². The van der Waals surface area contributed by atoms with E-state index in [0.29, 0.717) is 5.25 Å². The molecule has 9 heavy (non-hydrogen) atoms. The van der Waals surface area contributed by atoms with Gasteiger partial charge in [0.25, 0.3) is 0 Å². The van der Waals surface area contributed by atoms with Crippen LogP contribution in [0.5, 0.6) is 0 Å². The van der Waals surface area contributed by atoms with Gasteiger partial charge in [0.2, 0.25) is 0 Å². The Bertz CT molecular complexity index is 73.3. The van der Waals surface area contributed by atoms with E-state index in [2.05, 4.69) is 25.1 Å². The van der Waals surface area contributed by atoms with Crippen LogP contribution in [0.25, 0.3) is 0 Å². The highest BCUT2D eigenvalue weighted by molar-refractivity contribution is 7.99. The van der Waals surface area contributed by atoms with E-state index in [-0.39, 0.29) is 0 Å². The van der Waals surface area contributed by atoms with Crippen molar-refractivity contribution in [1.82, 2.24) is 5.32 Å². The van der Waals surface area contributed by atoms with Gasteiger partial charge >= 0.3 is 0 Å². The number of hydrogen-bond donors (Lipinski definition) is 1. The summed E-state index contributed by atoms with van der Waals surface area (Å²) in [6, 6.07) is 0. The zero-order valence-corrected chi connectivity index (χ0v) is 7.00. The predicted octanol–water partition coefficient (Wildman–Crippen LogP) is 1.51. The number of rotatable bonds is 5. The lowest BCUT2D eigenvalue weighted by Crippen LogP contribution is -2.22. The molecule has 1 unspecified atom stereocenters. The maximum Gasteiger partial charge on any atom is 0.0141 e. The maximum absolute atomic E-state index is 3.61. The summed E-state index contributed by atoms with van der Waals surface area (Å²) < 4.78 is 0. The third kappa shape index (κ3) is 5.93. The van der Waals surface area contributed by atoms with E-state index in [1.165, 1.54) is 0 Å². The van der Waals surface area contributed by atoms with E-state index < -0.39 is 0 Å². The van der Waals surface area contributed by atoms with Crippen molar-refractivity contribution < 1.29 is 0 Å². The summed E-state index contributed by atoms with van der Waals surface area (Å²) in [5, 5.41) is 3.96. The number of thioether (sulfide) groups is 1. The van der Waals surface area contributed by atoms with Gasteiger partial charge in [0.1, 0.15) is 0 Å². The van der Waals surface area contributed by atoms with Crippen LogP contribution in [0.1, 0.15) is 6.92 Å². The van der Waals surface area contributed by atoms with Crippen LogP contribution in [0, 0.1) is 0 Å². The third-order valence-corrected chi connectivity index (χ3v) is 2.09. The minimum Gasteiger partial charge on any atom is -0.312 e. The van der Waals surface area contributed by atoms with E-state index in [4.69, 9.17) is 0 Å². The fourth-order valence-electron chi connectivity index (χ4n) is 0.472. The molecule has 0 heterocycles. The average Bonchev–Trinajstić information content (AvgIpc) is 1.89. The van der Waals surface area contributed by atoms with Gasteiger partial charge in [0, 0.05) is 18.3 Å². The normalized spacial score (nSPS) is 13.1. The van der Waals surface area contributed by atoms with Crippen molar-refractivity contribution >= 4 is 11.8 Å². The molecular formula is C7H15NS. The zero-order chi connectivity index (χ0) is 7.11. The minimum atomic E-state index is 0.713. The lowest BCUT2D eigenvalue weighted by atomic mass is 10.4. The molecule has 1 nitrogen and oxygen atoms in total. The predicted molar refractivity (Wildman–Crippen MR) is 46.0 cm³/mol. The molecule has 0 spiro atoms. The number of hydrogen-bond acceptors (Lipinski definition) is 2. The molecule has 54 valence electrons. The van der Waals surface area contributed by atoms with Crippen molar-refractivity contribution in [2.24, 2.45) is 0 Å². The van der Waals surface area contributed by atoms with Crippen molar-refractivity contribution in [1.29, 1.82) is 0 Å². The molecule has 0 aliphatic heterocycles. The molecule has 0 aromatic rings. The Hall–Kier alpha value is 0.0500. The molecule has 1 N–H and O–H groups in total. The highest BCUT2D eigenvalue weighted by Crippen LogP contribution is 2.01. The van der Waals surface area contributed by atoms with E-state index in [1.54, 1.807) is 0 Å². The molecule has 0 saturated carbocycles. The topological polar surface area (TPSA) is 12.0 Å². The summed E-state index contributed by atoms with van der Waals surface area (Å²) in [7, 11) is 0. The van der Waals surface area contributed by atoms with Gasteiger partial charge in [0.05, 0.1) is 0 Å². The Labute approximate surface area is 61.9 Å². The van der Waals surface area contributed by atoms with Crippen LogP contribution in [-0.2, 0) is 0 Å². The fraction of sp³-hybridized carbons (Fsp3) is 0.714. The van der Waals surface area contributed by atoms with Gasteiger partial charge in [-0.3, -0.25) is 0 Å². The first-order chi connectivity index (χ1) is 4.31. The largest absolute Gasteiger partial charge is 0.312 e. The van der Waals surface area contributed by atoms with Crippen molar-refractivity contribution in [3.63, 3.8) is 0 Å². The molecule has 0 aromatic heterocycles. The monoisotopic (exact) mass is 145 g/mol. The Morgan fingerprint density at radius 3 is 2.89 bits per heavy atom. The lowest BCUT2D eigenvalue weighted by Gasteiger charge is -2.06. The Balaban J connectivity index is 2.96. The first-order valence-electron chi connectivity index (χ1n) is 3.15. The molecule has 0 aliphatic rings. The molecule has 0 aliphatic carbocycles. The summed E-state index contributed by atoms with van der Waals surface area (Å²) in [5.74, 6) is 0.